The van der Waals surface area contributed by atoms with Crippen molar-refractivity contribution in [2.45, 2.75) is 6.18 Å². The van der Waals surface area contributed by atoms with Crippen LogP contribution in [0.3, 0.4) is 0 Å². The fraction of sp³-hybridized carbons (Fsp3) is 0.0714. The Kier molecular flexibility index (Phi) is 3.30. The Morgan fingerprint density at radius 1 is 1.05 bits per heavy atom. The van der Waals surface area contributed by atoms with Crippen LogP contribution in [0.25, 0.3) is 16.7 Å². The molecule has 0 amide bonds. The van der Waals surface area contributed by atoms with Crippen molar-refractivity contribution in [3.05, 3.63) is 57.8 Å². The molecule has 0 saturated heterocycles. The van der Waals surface area contributed by atoms with Gasteiger partial charge in [0.25, 0.3) is 0 Å². The molecule has 1 aromatic heterocycles. The smallest absolute Gasteiger partial charge is 0.329 e. The van der Waals surface area contributed by atoms with Crippen molar-refractivity contribution in [2.24, 2.45) is 0 Å². The number of aromatic nitrogens is 2. The topological polar surface area (TPSA) is 20.7 Å². The molecule has 0 spiro atoms. The van der Waals surface area contributed by atoms with Gasteiger partial charge in [-0.3, -0.25) is 4.57 Å². The summed E-state index contributed by atoms with van der Waals surface area (Å²) in [7, 11) is 0. The third-order valence-corrected chi connectivity index (χ3v) is 3.72. The van der Waals surface area contributed by atoms with Crippen LogP contribution in [0.5, 0.6) is 0 Å². The Balaban J connectivity index is 2.19. The molecule has 0 aliphatic heterocycles. The standard InChI is InChI=1S/C14H8ClF3N2S/c15-10-2-1-3-11-12(10)19-13(21)20(11)9-6-4-8(5-7-9)14(16,17)18/h1-7H,(H,19,21). The fourth-order valence-corrected chi connectivity index (χ4v) is 2.67. The maximum absolute atomic E-state index is 12.6. The zero-order chi connectivity index (χ0) is 15.2. The van der Waals surface area contributed by atoms with Crippen molar-refractivity contribution in [3.63, 3.8) is 0 Å². The predicted molar refractivity (Wildman–Crippen MR) is 78.5 cm³/mol. The van der Waals surface area contributed by atoms with Crippen molar-refractivity contribution in [2.75, 3.05) is 0 Å². The van der Waals surface area contributed by atoms with Gasteiger partial charge < -0.3 is 4.98 Å². The van der Waals surface area contributed by atoms with Crippen LogP contribution in [0.15, 0.2) is 42.5 Å². The highest BCUT2D eigenvalue weighted by atomic mass is 35.5. The summed E-state index contributed by atoms with van der Waals surface area (Å²) in [5, 5.41) is 0.504. The van der Waals surface area contributed by atoms with Gasteiger partial charge in [-0.1, -0.05) is 17.7 Å². The van der Waals surface area contributed by atoms with Crippen molar-refractivity contribution in [3.8, 4) is 5.69 Å². The minimum Gasteiger partial charge on any atom is -0.329 e. The number of nitrogens with one attached hydrogen (secondary N) is 1. The molecule has 0 unspecified atom stereocenters. The average Bonchev–Trinajstić information content (AvgIpc) is 2.76. The first-order chi connectivity index (χ1) is 9.88. The number of imidazole rings is 1. The molecule has 1 heterocycles. The van der Waals surface area contributed by atoms with Gasteiger partial charge in [0.1, 0.15) is 0 Å². The van der Waals surface area contributed by atoms with E-state index in [4.69, 9.17) is 23.8 Å². The van der Waals surface area contributed by atoms with Crippen molar-refractivity contribution in [1.29, 1.82) is 0 Å². The van der Waals surface area contributed by atoms with Gasteiger partial charge in [-0.05, 0) is 48.6 Å². The molecule has 1 N–H and O–H groups in total. The van der Waals surface area contributed by atoms with Crippen LogP contribution in [0.4, 0.5) is 13.2 Å². The van der Waals surface area contributed by atoms with E-state index < -0.39 is 11.7 Å². The minimum absolute atomic E-state index is 0.373. The summed E-state index contributed by atoms with van der Waals surface area (Å²) in [5.74, 6) is 0. The number of halogens is 4. The highest BCUT2D eigenvalue weighted by molar-refractivity contribution is 7.71. The average molecular weight is 329 g/mol. The van der Waals surface area contributed by atoms with E-state index in [0.29, 0.717) is 26.5 Å². The second-order valence-electron chi connectivity index (χ2n) is 4.44. The van der Waals surface area contributed by atoms with Crippen LogP contribution in [0, 0.1) is 4.77 Å². The van der Waals surface area contributed by atoms with Crippen LogP contribution >= 0.6 is 23.8 Å². The maximum Gasteiger partial charge on any atom is 0.416 e. The van der Waals surface area contributed by atoms with E-state index in [1.807, 2.05) is 0 Å². The van der Waals surface area contributed by atoms with E-state index in [1.54, 1.807) is 22.8 Å². The number of para-hydroxylation sites is 1. The van der Waals surface area contributed by atoms with Crippen molar-refractivity contribution >= 4 is 34.9 Å². The first kappa shape index (κ1) is 14.2. The lowest BCUT2D eigenvalue weighted by Crippen LogP contribution is -2.05. The van der Waals surface area contributed by atoms with Crippen LogP contribution in [-0.2, 0) is 6.18 Å². The van der Waals surface area contributed by atoms with Crippen LogP contribution < -0.4 is 0 Å². The summed E-state index contributed by atoms with van der Waals surface area (Å²) in [6, 6.07) is 10.1. The van der Waals surface area contributed by atoms with Gasteiger partial charge in [0.2, 0.25) is 0 Å². The lowest BCUT2D eigenvalue weighted by Gasteiger charge is -2.09. The highest BCUT2D eigenvalue weighted by Gasteiger charge is 2.30. The van der Waals surface area contributed by atoms with Gasteiger partial charge in [0.05, 0.1) is 21.6 Å². The first-order valence-corrected chi connectivity index (χ1v) is 6.73. The molecule has 3 rings (SSSR count). The summed E-state index contributed by atoms with van der Waals surface area (Å²) < 4.78 is 39.8. The van der Waals surface area contributed by atoms with E-state index >= 15 is 0 Å². The predicted octanol–water partition coefficient (Wildman–Crippen LogP) is 5.36. The molecule has 0 saturated carbocycles. The van der Waals surface area contributed by atoms with Crippen molar-refractivity contribution in [1.82, 2.24) is 9.55 Å². The lowest BCUT2D eigenvalue weighted by atomic mass is 10.2. The van der Waals surface area contributed by atoms with Crippen LogP contribution in [0.1, 0.15) is 5.56 Å². The van der Waals surface area contributed by atoms with Gasteiger partial charge >= 0.3 is 6.18 Å². The molecular weight excluding hydrogens is 321 g/mol. The SMILES string of the molecule is FC(F)(F)c1ccc(-n2c(=S)[nH]c3c(Cl)cccc32)cc1. The summed E-state index contributed by atoms with van der Waals surface area (Å²) >= 11 is 11.3. The molecule has 0 bridgehead atoms. The number of rotatable bonds is 1. The summed E-state index contributed by atoms with van der Waals surface area (Å²) in [5.41, 5.74) is 1.22. The first-order valence-electron chi connectivity index (χ1n) is 5.95. The number of fused-ring (bicyclic) bond motifs is 1. The Morgan fingerprint density at radius 2 is 1.71 bits per heavy atom. The monoisotopic (exact) mass is 328 g/mol. The molecule has 0 aliphatic rings. The number of aromatic amines is 1. The van der Waals surface area contributed by atoms with Crippen LogP contribution in [0.2, 0.25) is 5.02 Å². The number of nitrogens with zero attached hydrogens (tertiary/aromatic N) is 1. The highest BCUT2D eigenvalue weighted by Crippen LogP contribution is 2.31. The normalized spacial score (nSPS) is 12.0. The van der Waals surface area contributed by atoms with Crippen LogP contribution in [-0.4, -0.2) is 9.55 Å². The molecule has 0 fully saturated rings. The van der Waals surface area contributed by atoms with Crippen molar-refractivity contribution < 1.29 is 13.2 Å². The summed E-state index contributed by atoms with van der Waals surface area (Å²) in [6.45, 7) is 0. The minimum atomic E-state index is -4.36. The zero-order valence-corrected chi connectivity index (χ0v) is 12.0. The molecule has 2 aromatic carbocycles. The molecule has 0 radical (unpaired) electrons. The van der Waals surface area contributed by atoms with E-state index in [1.165, 1.54) is 12.1 Å². The Morgan fingerprint density at radius 3 is 2.33 bits per heavy atom. The van der Waals surface area contributed by atoms with Gasteiger partial charge in [0, 0.05) is 5.69 Å². The van der Waals surface area contributed by atoms with Gasteiger partial charge in [-0.25, -0.2) is 0 Å². The number of H-pyrrole nitrogens is 1. The Labute approximate surface area is 127 Å². The third-order valence-electron chi connectivity index (χ3n) is 3.12. The zero-order valence-electron chi connectivity index (χ0n) is 10.4. The lowest BCUT2D eigenvalue weighted by molar-refractivity contribution is -0.137. The van der Waals surface area contributed by atoms with E-state index in [0.717, 1.165) is 12.1 Å². The summed E-state index contributed by atoms with van der Waals surface area (Å²) in [6.07, 6.45) is -4.36. The molecule has 0 aliphatic carbocycles. The summed E-state index contributed by atoms with van der Waals surface area (Å²) in [4.78, 5) is 2.96. The fourth-order valence-electron chi connectivity index (χ4n) is 2.15. The van der Waals surface area contributed by atoms with Gasteiger partial charge in [-0.2, -0.15) is 13.2 Å². The second kappa shape index (κ2) is 4.89. The van der Waals surface area contributed by atoms with Gasteiger partial charge in [-0.15, -0.1) is 0 Å². The number of alkyl halides is 3. The molecule has 108 valence electrons. The number of hydrogen-bond donors (Lipinski definition) is 1. The van der Waals surface area contributed by atoms with Gasteiger partial charge in [0.15, 0.2) is 4.77 Å². The molecule has 7 heteroatoms. The molecule has 21 heavy (non-hydrogen) atoms. The Bertz CT molecular complexity index is 863. The molecule has 2 nitrogen and oxygen atoms in total. The Hall–Kier alpha value is -1.79. The largest absolute Gasteiger partial charge is 0.416 e. The second-order valence-corrected chi connectivity index (χ2v) is 5.24. The van der Waals surface area contributed by atoms with E-state index in [-0.39, 0.29) is 0 Å². The quantitative estimate of drug-likeness (QED) is 0.596. The van der Waals surface area contributed by atoms with E-state index in [9.17, 15) is 13.2 Å². The molecule has 0 atom stereocenters. The van der Waals surface area contributed by atoms with E-state index in [2.05, 4.69) is 4.98 Å². The maximum atomic E-state index is 12.6. The molecule has 3 aromatic rings. The molecular formula is C14H8ClF3N2S. The third kappa shape index (κ3) is 2.45. The number of hydrogen-bond acceptors (Lipinski definition) is 1. The number of benzene rings is 2.